The molecule has 0 spiro atoms. The number of likely N-dealkylation sites (N-methyl/N-ethyl adjacent to an activating group) is 3. The summed E-state index contributed by atoms with van der Waals surface area (Å²) in [5, 5.41) is 70.4. The quantitative estimate of drug-likeness (QED) is 0.0127. The number of primary amides is 2. The lowest BCUT2D eigenvalue weighted by atomic mass is 10.00. The molecule has 3 aromatic carbocycles. The van der Waals surface area contributed by atoms with E-state index >= 15 is 38.4 Å². The van der Waals surface area contributed by atoms with Gasteiger partial charge in [-0.05, 0) is 92.8 Å². The maximum Gasteiger partial charge on any atom is 0.303 e. The Morgan fingerprint density at radius 1 is 0.551 bits per heavy atom. The third kappa shape index (κ3) is 29.9. The zero-order chi connectivity index (χ0) is 101. The first-order valence-electron chi connectivity index (χ1n) is 45.7. The molecule has 6 aromatic rings. The molecule has 3 fully saturated rings. The number of amides is 17. The van der Waals surface area contributed by atoms with Crippen molar-refractivity contribution in [2.45, 2.75) is 227 Å². The third-order valence-electron chi connectivity index (χ3n) is 24.5. The third-order valence-corrected chi connectivity index (χ3v) is 25.5. The number of aliphatic hydroxyl groups is 2. The molecule has 9 rings (SSSR count). The average molecular weight is 1940 g/mol. The summed E-state index contributed by atoms with van der Waals surface area (Å²) in [7, 11) is 5.29. The summed E-state index contributed by atoms with van der Waals surface area (Å²) in [4.78, 5) is 281. The molecule has 0 radical (unpaired) electrons. The van der Waals surface area contributed by atoms with Gasteiger partial charge in [-0.3, -0.25) is 91.7 Å². The van der Waals surface area contributed by atoms with Crippen LogP contribution in [0.15, 0.2) is 97.7 Å². The second-order valence-electron chi connectivity index (χ2n) is 34.5. The van der Waals surface area contributed by atoms with E-state index in [1.54, 1.807) is 85.2 Å². The molecular weight excluding hydrogens is 1810 g/mol. The minimum atomic E-state index is -1.94. The highest BCUT2D eigenvalue weighted by molar-refractivity contribution is 8.00. The van der Waals surface area contributed by atoms with Crippen LogP contribution >= 0.6 is 11.8 Å². The standard InChI is InChI=1S/C91H126N24O22S/c1-8-10-23-69-83(129)103-60(22-16-32-97-91(94)95)79(125)110-68(78(124)100-43-74(93)119)46-138-47-75(120)102-64(34-50-26-28-55(137-7)29-27-50)86(132)111(4)49(3)77(123)107-66(39-73(92)118)89(135)114-33-17-25-70(114)84(130)106-63(37-53-42-96-48-101-53)81(127)104-61(30-31-76(121)122)88(134)115-44-54(117)38-72(115)85(131)105-62(35-51-40-98-58-20-14-12-18-56(51)58)80(126)109-67(45-116)82(128)108-65(36-52-41-99-59-21-15-13-19-57(52)59)87(133)113(6)71(24-11-9-2)90(136)112(69)5/h12-15,18-21,26-29,40-42,48-49,54,60-72,98-99,116-117H,8-11,16-17,22-25,30-39,43-47H2,1-7H3,(H2,92,118)(H2,93,119)(H,96,101)(H,100,124)(H,102,120)(H,103,129)(H,104,127)(H,105,131)(H,106,130)(H,107,123)(H,108,128)(H,109,126)(H,110,125)(H,121,122)(H4,94,95,97)/t49-,54+,60-,61-,62-,63-,64-,65-,66+,67-,68-,69-,70-,71-,72-/m0/s1. The molecule has 24 N–H and O–H groups in total. The van der Waals surface area contributed by atoms with Crippen LogP contribution in [0.25, 0.3) is 21.8 Å². The van der Waals surface area contributed by atoms with Gasteiger partial charge in [0.05, 0.1) is 44.9 Å². The number of carbonyl (C=O) groups is 18. The molecule has 17 amide bonds. The Labute approximate surface area is 799 Å². The Kier molecular flexibility index (Phi) is 40.2. The number of imidazole rings is 1. The number of hydrogen-bond donors (Lipinski definition) is 21. The lowest BCUT2D eigenvalue weighted by Gasteiger charge is -2.36. The van der Waals surface area contributed by atoms with Gasteiger partial charge in [0.15, 0.2) is 5.96 Å². The number of aliphatic hydroxyl groups excluding tert-OH is 2. The first-order chi connectivity index (χ1) is 65.8. The van der Waals surface area contributed by atoms with E-state index in [9.17, 15) is 63.3 Å². The predicted octanol–water partition coefficient (Wildman–Crippen LogP) is -3.81. The number of H-pyrrole nitrogens is 3. The Morgan fingerprint density at radius 2 is 1.09 bits per heavy atom. The van der Waals surface area contributed by atoms with Crippen LogP contribution in [0, 0.1) is 5.41 Å². The molecule has 0 unspecified atom stereocenters. The number of rotatable bonds is 28. The minimum Gasteiger partial charge on any atom is -0.497 e. The van der Waals surface area contributed by atoms with Crippen molar-refractivity contribution >= 4 is 146 Å². The van der Waals surface area contributed by atoms with Gasteiger partial charge in [0.2, 0.25) is 100 Å². The van der Waals surface area contributed by atoms with Crippen LogP contribution in [0.5, 0.6) is 5.75 Å². The van der Waals surface area contributed by atoms with Crippen molar-refractivity contribution in [3.63, 3.8) is 0 Å². The van der Waals surface area contributed by atoms with E-state index in [0.717, 1.165) is 36.3 Å². The van der Waals surface area contributed by atoms with Gasteiger partial charge in [-0.15, -0.1) is 11.8 Å². The fourth-order valence-corrected chi connectivity index (χ4v) is 17.6. The van der Waals surface area contributed by atoms with Gasteiger partial charge in [-0.25, -0.2) is 4.98 Å². The number of aromatic nitrogens is 4. The highest BCUT2D eigenvalue weighted by Gasteiger charge is 2.47. The number of guanidine groups is 1. The molecule has 0 aliphatic carbocycles. The number of ether oxygens (including phenoxy) is 1. The van der Waals surface area contributed by atoms with Crippen molar-refractivity contribution in [2.75, 3.05) is 72.5 Å². The summed E-state index contributed by atoms with van der Waals surface area (Å²) in [5.74, 6) is -19.4. The summed E-state index contributed by atoms with van der Waals surface area (Å²) in [6, 6.07) is -2.62. The number of aromatic amines is 3. The normalized spacial score (nSPS) is 24.4. The second-order valence-corrected chi connectivity index (χ2v) is 35.5. The number of thioether (sulfide) groups is 1. The first kappa shape index (κ1) is 107. The van der Waals surface area contributed by atoms with E-state index in [1.807, 2.05) is 13.8 Å². The van der Waals surface area contributed by atoms with Crippen molar-refractivity contribution in [3.8, 4) is 5.75 Å². The van der Waals surface area contributed by atoms with E-state index in [2.05, 4.69) is 78.4 Å². The number of aliphatic carboxylic acids is 1. The van der Waals surface area contributed by atoms with E-state index in [4.69, 9.17) is 27.3 Å². The Balaban J connectivity index is 1.11. The molecule has 3 saturated heterocycles. The molecule has 0 bridgehead atoms. The van der Waals surface area contributed by atoms with E-state index in [0.29, 0.717) is 69.9 Å². The SMILES string of the molecule is CCCC[C@H]1C(=O)N(C)[C@@H](CCCC)C(=O)N[C@@H](CCCNC(=N)N)C(=O)N[C@H](C(=O)NCC(N)=O)CSCC(=O)N[C@@H](Cc2ccc(OC)cc2)C(=O)N(C)[C@@H](C)C(=O)N[C@H](CC(N)=O)C(=O)N2CCC[C@H]2C(=O)N[C@@H](Cc2cnc[nH]2)C(=O)N[C@@H](CCC(=O)O)C(=O)N2C[C@H](O)C[C@H]2C(=O)N[C@@H](Cc2c[nH]c3ccccc23)C(=O)N[C@@H](CO)C(=O)N[C@@H](Cc2c[nH]c3ccccc23)C(=O)N1C. The summed E-state index contributed by atoms with van der Waals surface area (Å²) in [6.45, 7) is 2.24. The zero-order valence-electron chi connectivity index (χ0n) is 78.0. The molecule has 748 valence electrons. The molecule has 46 nitrogen and oxygen atoms in total. The second kappa shape index (κ2) is 51.6. The lowest BCUT2D eigenvalue weighted by molar-refractivity contribution is -0.149. The number of carboxylic acid groups (broad SMARTS) is 1. The van der Waals surface area contributed by atoms with Crippen LogP contribution in [0.4, 0.5) is 0 Å². The maximum absolute atomic E-state index is 15.8. The number of nitrogens with two attached hydrogens (primary N) is 3. The minimum absolute atomic E-state index is 0.0211. The molecule has 3 aromatic heterocycles. The number of fused-ring (bicyclic) bond motifs is 4. The highest BCUT2D eigenvalue weighted by Crippen LogP contribution is 2.28. The van der Waals surface area contributed by atoms with Gasteiger partial charge in [-0.1, -0.05) is 88.1 Å². The van der Waals surface area contributed by atoms with Gasteiger partial charge < -0.3 is 135 Å². The Hall–Kier alpha value is -14.3. The number of methoxy groups -OCH3 is 1. The number of hydrogen-bond acceptors (Lipinski definition) is 24. The number of unbranched alkanes of at least 4 members (excludes halogenated alkanes) is 2. The van der Waals surface area contributed by atoms with E-state index in [-0.39, 0.29) is 76.6 Å². The number of benzene rings is 3. The fraction of sp³-hybridized carbons (Fsp3) is 0.516. The van der Waals surface area contributed by atoms with Crippen LogP contribution < -0.4 is 80.4 Å². The molecular formula is C91H126N24O22S. The smallest absolute Gasteiger partial charge is 0.303 e. The van der Waals surface area contributed by atoms with Crippen molar-refractivity contribution in [2.24, 2.45) is 17.2 Å². The number of carbonyl (C=O) groups excluding carboxylic acids is 17. The number of para-hydroxylation sites is 2. The monoisotopic (exact) mass is 1940 g/mol. The van der Waals surface area contributed by atoms with Gasteiger partial charge in [-0.2, -0.15) is 0 Å². The fourth-order valence-electron chi connectivity index (χ4n) is 16.8. The Morgan fingerprint density at radius 3 is 1.69 bits per heavy atom. The van der Waals surface area contributed by atoms with Crippen molar-refractivity contribution in [3.05, 3.63) is 120 Å². The number of carboxylic acids is 1. The topological polar surface area (TPSA) is 688 Å². The van der Waals surface area contributed by atoms with Crippen molar-refractivity contribution in [1.29, 1.82) is 5.41 Å². The molecule has 3 aliphatic heterocycles. The summed E-state index contributed by atoms with van der Waals surface area (Å²) in [6.07, 6.45) is 1.48. The van der Waals surface area contributed by atoms with Crippen molar-refractivity contribution < 1.29 is 106 Å². The van der Waals surface area contributed by atoms with Crippen molar-refractivity contribution in [1.82, 2.24) is 103 Å². The largest absolute Gasteiger partial charge is 0.497 e. The number of nitrogens with zero attached hydrogens (tertiary/aromatic N) is 6. The average Bonchev–Trinajstić information content (AvgIpc) is 1.63. The zero-order valence-corrected chi connectivity index (χ0v) is 78.8. The summed E-state index contributed by atoms with van der Waals surface area (Å²) >= 11 is 0.764. The van der Waals surface area contributed by atoms with Crippen LogP contribution in [-0.2, 0) is 112 Å². The van der Waals surface area contributed by atoms with Crippen LogP contribution in [0.2, 0.25) is 0 Å². The lowest BCUT2D eigenvalue weighted by Crippen LogP contribution is -2.62. The van der Waals surface area contributed by atoms with Crippen LogP contribution in [0.1, 0.15) is 133 Å². The first-order valence-corrected chi connectivity index (χ1v) is 46.8. The van der Waals surface area contributed by atoms with E-state index in [1.165, 1.54) is 47.7 Å². The van der Waals surface area contributed by atoms with E-state index < -0.39 is 266 Å². The van der Waals surface area contributed by atoms with Gasteiger partial charge in [0, 0.05) is 131 Å². The predicted molar refractivity (Wildman–Crippen MR) is 502 cm³/mol. The molecule has 138 heavy (non-hydrogen) atoms. The van der Waals surface area contributed by atoms with Gasteiger partial charge >= 0.3 is 5.97 Å². The van der Waals surface area contributed by atoms with Gasteiger partial charge in [0.1, 0.15) is 90.3 Å². The summed E-state index contributed by atoms with van der Waals surface area (Å²) < 4.78 is 5.34. The molecule has 0 saturated carbocycles. The summed E-state index contributed by atoms with van der Waals surface area (Å²) in [5.41, 5.74) is 19.6. The Bertz CT molecular complexity index is 5350. The molecule has 3 aliphatic rings. The van der Waals surface area contributed by atoms with Crippen LogP contribution in [-0.4, -0.2) is 335 Å². The van der Waals surface area contributed by atoms with Crippen LogP contribution in [0.3, 0.4) is 0 Å². The maximum atomic E-state index is 15.8. The van der Waals surface area contributed by atoms with Gasteiger partial charge in [0.25, 0.3) is 0 Å². The highest BCUT2D eigenvalue weighted by atomic mass is 32.2. The molecule has 6 heterocycles. The molecule has 47 heteroatoms. The molecule has 15 atom stereocenters. The number of nitrogens with one attached hydrogen (secondary N) is 15.